The third-order valence-corrected chi connectivity index (χ3v) is 2.04. The van der Waals surface area contributed by atoms with Gasteiger partial charge in [-0.2, -0.15) is 5.10 Å². The van der Waals surface area contributed by atoms with Crippen molar-refractivity contribution < 1.29 is 4.42 Å². The summed E-state index contributed by atoms with van der Waals surface area (Å²) in [5.74, 6) is 0.967. The van der Waals surface area contributed by atoms with Crippen molar-refractivity contribution in [1.29, 1.82) is 0 Å². The first-order valence-electron chi connectivity index (χ1n) is 4.36. The van der Waals surface area contributed by atoms with E-state index in [1.54, 1.807) is 18.4 Å². The second-order valence-corrected chi connectivity index (χ2v) is 3.17. The largest absolute Gasteiger partial charge is 0.463 e. The van der Waals surface area contributed by atoms with Gasteiger partial charge in [0.2, 0.25) is 0 Å². The summed E-state index contributed by atoms with van der Waals surface area (Å²) in [5.41, 5.74) is 8.52. The first-order chi connectivity index (χ1) is 7.77. The number of hydrogen-bond acceptors (Lipinski definition) is 6. The van der Waals surface area contributed by atoms with Crippen molar-refractivity contribution >= 4 is 29.3 Å². The summed E-state index contributed by atoms with van der Waals surface area (Å²) in [6, 6.07) is 3.53. The highest BCUT2D eigenvalue weighted by atomic mass is 35.5. The van der Waals surface area contributed by atoms with Crippen LogP contribution < -0.4 is 11.2 Å². The highest BCUT2D eigenvalue weighted by Gasteiger charge is 2.03. The van der Waals surface area contributed by atoms with Gasteiger partial charge in [-0.15, -0.1) is 0 Å². The Morgan fingerprint density at radius 3 is 3.12 bits per heavy atom. The molecule has 0 aliphatic carbocycles. The van der Waals surface area contributed by atoms with Gasteiger partial charge in [-0.25, -0.2) is 9.97 Å². The molecule has 0 bridgehead atoms. The van der Waals surface area contributed by atoms with Gasteiger partial charge in [0.1, 0.15) is 17.8 Å². The van der Waals surface area contributed by atoms with Crippen LogP contribution in [0.4, 0.5) is 11.5 Å². The molecular weight excluding hydrogens is 230 g/mol. The van der Waals surface area contributed by atoms with Crippen LogP contribution in [-0.4, -0.2) is 16.2 Å². The van der Waals surface area contributed by atoms with Gasteiger partial charge in [0, 0.05) is 0 Å². The third-order valence-electron chi connectivity index (χ3n) is 1.74. The second kappa shape index (κ2) is 4.63. The van der Waals surface area contributed by atoms with Crippen LogP contribution in [0.15, 0.2) is 34.2 Å². The Morgan fingerprint density at radius 2 is 2.38 bits per heavy atom. The number of nitrogens with two attached hydrogens (primary N) is 1. The van der Waals surface area contributed by atoms with Crippen LogP contribution in [0, 0.1) is 0 Å². The molecule has 2 rings (SSSR count). The van der Waals surface area contributed by atoms with Gasteiger partial charge in [0.15, 0.2) is 11.0 Å². The van der Waals surface area contributed by atoms with E-state index in [-0.39, 0.29) is 10.8 Å². The van der Waals surface area contributed by atoms with E-state index in [2.05, 4.69) is 20.5 Å². The minimum atomic E-state index is 0.186. The standard InChI is InChI=1S/C9H8ClN5O/c10-8-7(11)9(13-5-12-8)15-14-4-6-2-1-3-16-6/h1-5H,11H2,(H,12,13,15)/b14-4-. The zero-order valence-corrected chi connectivity index (χ0v) is 8.85. The third kappa shape index (κ3) is 2.29. The Hall–Kier alpha value is -2.08. The molecule has 0 spiro atoms. The molecule has 0 amide bonds. The molecule has 0 unspecified atom stereocenters. The van der Waals surface area contributed by atoms with Crippen LogP contribution in [-0.2, 0) is 0 Å². The summed E-state index contributed by atoms with van der Waals surface area (Å²) in [7, 11) is 0. The molecule has 0 aliphatic heterocycles. The normalized spacial score (nSPS) is 10.8. The molecule has 2 aromatic rings. The van der Waals surface area contributed by atoms with Crippen molar-refractivity contribution in [2.24, 2.45) is 5.10 Å². The molecule has 6 nitrogen and oxygen atoms in total. The zero-order chi connectivity index (χ0) is 11.4. The average molecular weight is 238 g/mol. The summed E-state index contributed by atoms with van der Waals surface area (Å²) in [6.45, 7) is 0. The maximum Gasteiger partial charge on any atom is 0.174 e. The van der Waals surface area contributed by atoms with Crippen molar-refractivity contribution in [2.75, 3.05) is 11.2 Å². The number of rotatable bonds is 3. The van der Waals surface area contributed by atoms with Gasteiger partial charge < -0.3 is 10.2 Å². The van der Waals surface area contributed by atoms with E-state index in [0.29, 0.717) is 11.6 Å². The maximum atomic E-state index is 5.71. The van der Waals surface area contributed by atoms with E-state index in [1.807, 2.05) is 0 Å². The summed E-state index contributed by atoms with van der Waals surface area (Å²) >= 11 is 5.71. The fourth-order valence-corrected chi connectivity index (χ4v) is 1.12. The molecule has 0 radical (unpaired) electrons. The summed E-state index contributed by atoms with van der Waals surface area (Å²) in [6.07, 6.45) is 4.34. The van der Waals surface area contributed by atoms with Crippen LogP contribution in [0.25, 0.3) is 0 Å². The number of nitrogens with one attached hydrogen (secondary N) is 1. The van der Waals surface area contributed by atoms with Gasteiger partial charge in [0.25, 0.3) is 0 Å². The molecule has 7 heteroatoms. The lowest BCUT2D eigenvalue weighted by molar-refractivity contribution is 0.560. The molecular formula is C9H8ClN5O. The van der Waals surface area contributed by atoms with Gasteiger partial charge >= 0.3 is 0 Å². The Morgan fingerprint density at radius 1 is 1.50 bits per heavy atom. The van der Waals surface area contributed by atoms with E-state index < -0.39 is 0 Å². The van der Waals surface area contributed by atoms with Crippen LogP contribution in [0.2, 0.25) is 5.15 Å². The zero-order valence-electron chi connectivity index (χ0n) is 8.09. The van der Waals surface area contributed by atoms with Crippen molar-refractivity contribution in [3.8, 4) is 0 Å². The van der Waals surface area contributed by atoms with Crippen molar-refractivity contribution in [3.05, 3.63) is 35.6 Å². The Kier molecular flexibility index (Phi) is 3.02. The minimum Gasteiger partial charge on any atom is -0.463 e. The SMILES string of the molecule is Nc1c(Cl)ncnc1N/N=C\c1ccco1. The lowest BCUT2D eigenvalue weighted by Gasteiger charge is -2.02. The van der Waals surface area contributed by atoms with Crippen molar-refractivity contribution in [3.63, 3.8) is 0 Å². The molecule has 0 saturated heterocycles. The molecule has 0 aromatic carbocycles. The molecule has 0 atom stereocenters. The number of hydrazone groups is 1. The predicted octanol–water partition coefficient (Wildman–Crippen LogP) is 1.75. The number of nitrogens with zero attached hydrogens (tertiary/aromatic N) is 3. The Bertz CT molecular complexity index is 497. The average Bonchev–Trinajstić information content (AvgIpc) is 2.77. The lowest BCUT2D eigenvalue weighted by atomic mass is 10.5. The number of aromatic nitrogens is 2. The first-order valence-corrected chi connectivity index (χ1v) is 4.73. The van der Waals surface area contributed by atoms with Crippen LogP contribution in [0.1, 0.15) is 5.76 Å². The van der Waals surface area contributed by atoms with E-state index in [1.165, 1.54) is 12.5 Å². The molecule has 2 aromatic heterocycles. The quantitative estimate of drug-likeness (QED) is 0.482. The summed E-state index contributed by atoms with van der Waals surface area (Å²) < 4.78 is 5.05. The van der Waals surface area contributed by atoms with Gasteiger partial charge in [0.05, 0.1) is 12.5 Å². The first kappa shape index (κ1) is 10.4. The van der Waals surface area contributed by atoms with Gasteiger partial charge in [-0.3, -0.25) is 5.43 Å². The topological polar surface area (TPSA) is 89.3 Å². The van der Waals surface area contributed by atoms with E-state index in [0.717, 1.165) is 0 Å². The van der Waals surface area contributed by atoms with Crippen LogP contribution in [0.5, 0.6) is 0 Å². The summed E-state index contributed by atoms with van der Waals surface area (Å²) in [5, 5.41) is 4.07. The molecule has 0 saturated carbocycles. The Labute approximate surface area is 96.1 Å². The number of hydrogen-bond donors (Lipinski definition) is 2. The fourth-order valence-electron chi connectivity index (χ4n) is 0.985. The van der Waals surface area contributed by atoms with E-state index in [4.69, 9.17) is 21.8 Å². The minimum absolute atomic E-state index is 0.186. The number of nitrogen functional groups attached to an aromatic ring is 1. The molecule has 0 fully saturated rings. The van der Waals surface area contributed by atoms with Crippen molar-refractivity contribution in [2.45, 2.75) is 0 Å². The molecule has 2 heterocycles. The monoisotopic (exact) mass is 237 g/mol. The van der Waals surface area contributed by atoms with E-state index >= 15 is 0 Å². The fraction of sp³-hybridized carbons (Fsp3) is 0. The highest BCUT2D eigenvalue weighted by molar-refractivity contribution is 6.32. The number of halogens is 1. The van der Waals surface area contributed by atoms with Gasteiger partial charge in [-0.1, -0.05) is 11.6 Å². The van der Waals surface area contributed by atoms with E-state index in [9.17, 15) is 0 Å². The molecule has 0 aliphatic rings. The number of anilines is 2. The highest BCUT2D eigenvalue weighted by Crippen LogP contribution is 2.21. The lowest BCUT2D eigenvalue weighted by Crippen LogP contribution is -2.00. The summed E-state index contributed by atoms with van der Waals surface area (Å²) in [4.78, 5) is 7.60. The van der Waals surface area contributed by atoms with Crippen molar-refractivity contribution in [1.82, 2.24) is 9.97 Å². The molecule has 16 heavy (non-hydrogen) atoms. The molecule has 82 valence electrons. The van der Waals surface area contributed by atoms with Crippen LogP contribution in [0.3, 0.4) is 0 Å². The maximum absolute atomic E-state index is 5.71. The Balaban J connectivity index is 2.08. The second-order valence-electron chi connectivity index (χ2n) is 2.81. The smallest absolute Gasteiger partial charge is 0.174 e. The molecule has 3 N–H and O–H groups in total. The number of furan rings is 1. The van der Waals surface area contributed by atoms with Gasteiger partial charge in [-0.05, 0) is 12.1 Å². The predicted molar refractivity (Wildman–Crippen MR) is 61.4 cm³/mol. The van der Waals surface area contributed by atoms with Crippen LogP contribution >= 0.6 is 11.6 Å².